The van der Waals surface area contributed by atoms with E-state index in [0.717, 1.165) is 0 Å². The Kier molecular flexibility index (Phi) is 4.59. The summed E-state index contributed by atoms with van der Waals surface area (Å²) in [6.45, 7) is 2.24. The summed E-state index contributed by atoms with van der Waals surface area (Å²) in [6, 6.07) is 2.91. The third kappa shape index (κ3) is 3.84. The van der Waals surface area contributed by atoms with Crippen molar-refractivity contribution in [3.8, 4) is 11.5 Å². The van der Waals surface area contributed by atoms with Gasteiger partial charge in [-0.05, 0) is 13.0 Å². The minimum Gasteiger partial charge on any atom is -0.504 e. The quantitative estimate of drug-likeness (QED) is 0.425. The molecule has 1 aromatic carbocycles. The van der Waals surface area contributed by atoms with E-state index in [4.69, 9.17) is 27.8 Å². The van der Waals surface area contributed by atoms with E-state index in [0.29, 0.717) is 22.9 Å². The van der Waals surface area contributed by atoms with Gasteiger partial charge >= 0.3 is 0 Å². The Morgan fingerprint density at radius 1 is 1.53 bits per heavy atom. The molecule has 1 rings (SSSR count). The Morgan fingerprint density at radius 3 is 2.82 bits per heavy atom. The monoisotopic (exact) mass is 256 g/mol. The van der Waals surface area contributed by atoms with Gasteiger partial charge in [-0.15, -0.1) is 5.10 Å². The van der Waals surface area contributed by atoms with Crippen molar-refractivity contribution in [3.05, 3.63) is 22.7 Å². The number of nitrogens with zero attached hydrogens (tertiary/aromatic N) is 2. The maximum Gasteiger partial charge on any atom is 0.211 e. The largest absolute Gasteiger partial charge is 0.504 e. The first-order valence-corrected chi connectivity index (χ1v) is 5.19. The Balaban J connectivity index is 3.03. The van der Waals surface area contributed by atoms with Crippen LogP contribution >= 0.6 is 11.6 Å². The van der Waals surface area contributed by atoms with E-state index in [1.165, 1.54) is 12.3 Å². The minimum absolute atomic E-state index is 0.0316. The van der Waals surface area contributed by atoms with E-state index in [1.807, 2.05) is 0 Å². The molecule has 0 atom stereocenters. The number of guanidine groups is 1. The predicted octanol–water partition coefficient (Wildman–Crippen LogP) is 1.05. The van der Waals surface area contributed by atoms with Gasteiger partial charge in [0, 0.05) is 11.6 Å². The molecule has 0 aliphatic carbocycles. The summed E-state index contributed by atoms with van der Waals surface area (Å²) in [5, 5.41) is 16.9. The first-order chi connectivity index (χ1) is 8.04. The summed E-state index contributed by atoms with van der Waals surface area (Å²) >= 11 is 5.90. The highest BCUT2D eigenvalue weighted by atomic mass is 35.5. The number of phenolic OH excluding ortho intramolecular Hbond substituents is 1. The molecule has 0 aliphatic rings. The molecular weight excluding hydrogens is 244 g/mol. The fourth-order valence-corrected chi connectivity index (χ4v) is 1.29. The Bertz CT molecular complexity index is 456. The van der Waals surface area contributed by atoms with Crippen LogP contribution in [0, 0.1) is 0 Å². The van der Waals surface area contributed by atoms with Gasteiger partial charge in [0.1, 0.15) is 0 Å². The first kappa shape index (κ1) is 13.1. The number of aromatic hydroxyl groups is 1. The molecule has 0 amide bonds. The zero-order valence-electron chi connectivity index (χ0n) is 9.22. The summed E-state index contributed by atoms with van der Waals surface area (Å²) in [5.41, 5.74) is 10.8. The fraction of sp³-hybridized carbons (Fsp3) is 0.200. The van der Waals surface area contributed by atoms with Crippen LogP contribution in [0.2, 0.25) is 5.02 Å². The minimum atomic E-state index is -0.152. The van der Waals surface area contributed by atoms with Crippen molar-refractivity contribution >= 4 is 23.8 Å². The van der Waals surface area contributed by atoms with Crippen LogP contribution in [0.4, 0.5) is 0 Å². The summed E-state index contributed by atoms with van der Waals surface area (Å²) < 4.78 is 5.20. The van der Waals surface area contributed by atoms with Gasteiger partial charge in [-0.1, -0.05) is 11.6 Å². The molecule has 7 heteroatoms. The third-order valence-electron chi connectivity index (χ3n) is 1.75. The number of halogens is 1. The third-order valence-corrected chi connectivity index (χ3v) is 2.08. The van der Waals surface area contributed by atoms with E-state index in [2.05, 4.69) is 10.2 Å². The number of nitrogens with two attached hydrogens (primary N) is 2. The lowest BCUT2D eigenvalue weighted by Crippen LogP contribution is -2.21. The number of hydrogen-bond acceptors (Lipinski definition) is 4. The van der Waals surface area contributed by atoms with Crippen molar-refractivity contribution in [3.63, 3.8) is 0 Å². The summed E-state index contributed by atoms with van der Waals surface area (Å²) in [7, 11) is 0. The van der Waals surface area contributed by atoms with Gasteiger partial charge in [0.15, 0.2) is 11.5 Å². The second-order valence-corrected chi connectivity index (χ2v) is 3.45. The molecule has 0 heterocycles. The Morgan fingerprint density at radius 2 is 2.24 bits per heavy atom. The molecule has 0 unspecified atom stereocenters. The van der Waals surface area contributed by atoms with Crippen molar-refractivity contribution in [2.24, 2.45) is 21.7 Å². The topological polar surface area (TPSA) is 106 Å². The van der Waals surface area contributed by atoms with Crippen molar-refractivity contribution in [1.29, 1.82) is 0 Å². The van der Waals surface area contributed by atoms with Gasteiger partial charge in [0.05, 0.1) is 17.8 Å². The van der Waals surface area contributed by atoms with Gasteiger partial charge in [0.25, 0.3) is 0 Å². The highest BCUT2D eigenvalue weighted by Gasteiger charge is 2.07. The van der Waals surface area contributed by atoms with Crippen LogP contribution in [0.25, 0.3) is 0 Å². The summed E-state index contributed by atoms with van der Waals surface area (Å²) in [6.07, 6.45) is 1.37. The molecule has 0 bridgehead atoms. The van der Waals surface area contributed by atoms with Crippen molar-refractivity contribution in [2.75, 3.05) is 6.61 Å². The van der Waals surface area contributed by atoms with Crippen LogP contribution in [-0.2, 0) is 0 Å². The molecule has 0 aromatic heterocycles. The molecule has 0 saturated carbocycles. The van der Waals surface area contributed by atoms with E-state index in [-0.39, 0.29) is 11.7 Å². The highest BCUT2D eigenvalue weighted by Crippen LogP contribution is 2.31. The van der Waals surface area contributed by atoms with Gasteiger partial charge in [-0.25, -0.2) is 0 Å². The predicted molar refractivity (Wildman–Crippen MR) is 67.7 cm³/mol. The average Bonchev–Trinajstić information content (AvgIpc) is 2.24. The van der Waals surface area contributed by atoms with E-state index < -0.39 is 0 Å². The maximum atomic E-state index is 9.54. The molecule has 17 heavy (non-hydrogen) atoms. The van der Waals surface area contributed by atoms with Crippen molar-refractivity contribution < 1.29 is 9.84 Å². The Hall–Kier alpha value is -1.95. The number of hydrogen-bond donors (Lipinski definition) is 3. The smallest absolute Gasteiger partial charge is 0.211 e. The number of ether oxygens (including phenoxy) is 1. The second kappa shape index (κ2) is 5.95. The van der Waals surface area contributed by atoms with Crippen molar-refractivity contribution in [1.82, 2.24) is 0 Å². The van der Waals surface area contributed by atoms with Crippen molar-refractivity contribution in [2.45, 2.75) is 6.92 Å². The summed E-state index contributed by atoms with van der Waals surface area (Å²) in [4.78, 5) is 0. The molecule has 6 nitrogen and oxygen atoms in total. The number of phenols is 1. The average molecular weight is 257 g/mol. The molecule has 1 aromatic rings. The Labute approximate surface area is 104 Å². The molecule has 0 saturated heterocycles. The first-order valence-electron chi connectivity index (χ1n) is 4.82. The molecule has 0 spiro atoms. The van der Waals surface area contributed by atoms with Gasteiger partial charge in [-0.2, -0.15) is 5.10 Å². The van der Waals surface area contributed by atoms with Crippen LogP contribution in [-0.4, -0.2) is 23.9 Å². The van der Waals surface area contributed by atoms with Crippen LogP contribution in [0.3, 0.4) is 0 Å². The normalized spacial score (nSPS) is 10.5. The van der Waals surface area contributed by atoms with Gasteiger partial charge < -0.3 is 21.3 Å². The molecule has 5 N–H and O–H groups in total. The van der Waals surface area contributed by atoms with Crippen LogP contribution in [0.5, 0.6) is 11.5 Å². The maximum absolute atomic E-state index is 9.54. The van der Waals surface area contributed by atoms with E-state index in [9.17, 15) is 5.11 Å². The van der Waals surface area contributed by atoms with Crippen LogP contribution in [0.1, 0.15) is 12.5 Å². The molecule has 0 fully saturated rings. The van der Waals surface area contributed by atoms with E-state index >= 15 is 0 Å². The molecular formula is C10H13ClN4O2. The zero-order valence-corrected chi connectivity index (χ0v) is 9.98. The van der Waals surface area contributed by atoms with Gasteiger partial charge in [-0.3, -0.25) is 0 Å². The SMILES string of the molecule is CCOc1cc(C=NN=C(N)N)c(Cl)cc1O. The van der Waals surface area contributed by atoms with E-state index in [1.54, 1.807) is 13.0 Å². The molecule has 0 aliphatic heterocycles. The standard InChI is InChI=1S/C10H13ClN4O2/c1-2-17-9-3-6(5-14-15-10(12)13)7(11)4-8(9)16/h3-5,16H,2H2,1H3,(H4,12,13,15). The highest BCUT2D eigenvalue weighted by molar-refractivity contribution is 6.33. The zero-order chi connectivity index (χ0) is 12.8. The molecule has 92 valence electrons. The second-order valence-electron chi connectivity index (χ2n) is 3.04. The lowest BCUT2D eigenvalue weighted by Gasteiger charge is -2.07. The lowest BCUT2D eigenvalue weighted by atomic mass is 10.2. The lowest BCUT2D eigenvalue weighted by molar-refractivity contribution is 0.318. The van der Waals surface area contributed by atoms with Gasteiger partial charge in [0.2, 0.25) is 5.96 Å². The fourth-order valence-electron chi connectivity index (χ4n) is 1.09. The molecule has 0 radical (unpaired) electrons. The number of rotatable bonds is 4. The van der Waals surface area contributed by atoms with Crippen LogP contribution in [0.15, 0.2) is 22.3 Å². The number of benzene rings is 1. The van der Waals surface area contributed by atoms with Crippen LogP contribution < -0.4 is 16.2 Å². The summed E-state index contributed by atoms with van der Waals surface area (Å²) in [5.74, 6) is 0.139.